The standard InChI is InChI=1S/C19H22N2O3/c1-14-10-15(2)12-17(11-14)24-13-19(23)21(9-8-18(20)22)16-6-4-3-5-7-16/h3-7,10-12H,8-9,13H2,1-2H3,(H2,20,22). The number of hydrogen-bond donors (Lipinski definition) is 1. The van der Waals surface area contributed by atoms with Gasteiger partial charge >= 0.3 is 0 Å². The minimum Gasteiger partial charge on any atom is -0.484 e. The fraction of sp³-hybridized carbons (Fsp3) is 0.263. The first-order valence-electron chi connectivity index (χ1n) is 7.80. The van der Waals surface area contributed by atoms with Crippen molar-refractivity contribution in [1.82, 2.24) is 0 Å². The molecule has 0 aromatic heterocycles. The summed E-state index contributed by atoms with van der Waals surface area (Å²) in [6.45, 7) is 4.08. The van der Waals surface area contributed by atoms with Crippen LogP contribution in [-0.4, -0.2) is 25.0 Å². The smallest absolute Gasteiger partial charge is 0.264 e. The molecule has 5 heteroatoms. The molecule has 2 rings (SSSR count). The third-order valence-corrected chi connectivity index (χ3v) is 3.51. The molecule has 5 nitrogen and oxygen atoms in total. The Balaban J connectivity index is 2.08. The average Bonchev–Trinajstić information content (AvgIpc) is 2.53. The number of rotatable bonds is 7. The number of para-hydroxylation sites is 1. The maximum atomic E-state index is 12.5. The molecule has 0 aliphatic carbocycles. The minimum atomic E-state index is -0.445. The van der Waals surface area contributed by atoms with Gasteiger partial charge in [-0.15, -0.1) is 0 Å². The second-order valence-electron chi connectivity index (χ2n) is 5.71. The van der Waals surface area contributed by atoms with Crippen LogP contribution in [0.15, 0.2) is 48.5 Å². The van der Waals surface area contributed by atoms with E-state index in [2.05, 4.69) is 0 Å². The molecule has 126 valence electrons. The fourth-order valence-electron chi connectivity index (χ4n) is 2.47. The van der Waals surface area contributed by atoms with E-state index in [0.717, 1.165) is 11.1 Å². The molecular formula is C19H22N2O3. The van der Waals surface area contributed by atoms with E-state index in [1.54, 1.807) is 0 Å². The van der Waals surface area contributed by atoms with Crippen molar-refractivity contribution in [3.8, 4) is 5.75 Å². The van der Waals surface area contributed by atoms with Crippen LogP contribution in [0.2, 0.25) is 0 Å². The molecule has 0 atom stereocenters. The van der Waals surface area contributed by atoms with E-state index >= 15 is 0 Å². The zero-order valence-electron chi connectivity index (χ0n) is 14.0. The van der Waals surface area contributed by atoms with Gasteiger partial charge in [0.2, 0.25) is 5.91 Å². The Bertz CT molecular complexity index is 694. The van der Waals surface area contributed by atoms with Crippen LogP contribution in [0.5, 0.6) is 5.75 Å². The monoisotopic (exact) mass is 326 g/mol. The van der Waals surface area contributed by atoms with Crippen molar-refractivity contribution in [1.29, 1.82) is 0 Å². The highest BCUT2D eigenvalue weighted by Crippen LogP contribution is 2.18. The largest absolute Gasteiger partial charge is 0.484 e. The Morgan fingerprint density at radius 3 is 2.25 bits per heavy atom. The van der Waals surface area contributed by atoms with E-state index < -0.39 is 5.91 Å². The molecule has 0 aliphatic rings. The predicted molar refractivity (Wildman–Crippen MR) is 94.0 cm³/mol. The summed E-state index contributed by atoms with van der Waals surface area (Å²) in [5, 5.41) is 0. The van der Waals surface area contributed by atoms with Crippen molar-refractivity contribution in [3.05, 3.63) is 59.7 Å². The van der Waals surface area contributed by atoms with Crippen LogP contribution in [-0.2, 0) is 9.59 Å². The molecule has 0 unspecified atom stereocenters. The van der Waals surface area contributed by atoms with Gasteiger partial charge in [0, 0.05) is 18.7 Å². The summed E-state index contributed by atoms with van der Waals surface area (Å²) in [6.07, 6.45) is 0.101. The average molecular weight is 326 g/mol. The lowest BCUT2D eigenvalue weighted by Crippen LogP contribution is -2.37. The molecule has 0 heterocycles. The van der Waals surface area contributed by atoms with E-state index in [1.807, 2.05) is 62.4 Å². The van der Waals surface area contributed by atoms with Gasteiger partial charge in [-0.25, -0.2) is 0 Å². The van der Waals surface area contributed by atoms with Crippen LogP contribution in [0, 0.1) is 13.8 Å². The maximum Gasteiger partial charge on any atom is 0.264 e. The number of nitrogens with zero attached hydrogens (tertiary/aromatic N) is 1. The van der Waals surface area contributed by atoms with Gasteiger partial charge in [0.1, 0.15) is 5.75 Å². The van der Waals surface area contributed by atoms with Crippen LogP contribution in [0.25, 0.3) is 0 Å². The Kier molecular flexibility index (Phi) is 5.95. The van der Waals surface area contributed by atoms with Crippen LogP contribution in [0.1, 0.15) is 17.5 Å². The number of benzene rings is 2. The van der Waals surface area contributed by atoms with E-state index in [1.165, 1.54) is 4.90 Å². The summed E-state index contributed by atoms with van der Waals surface area (Å²) in [4.78, 5) is 25.1. The number of primary amides is 1. The zero-order valence-corrected chi connectivity index (χ0v) is 14.0. The minimum absolute atomic E-state index is 0.101. The lowest BCUT2D eigenvalue weighted by atomic mass is 10.1. The van der Waals surface area contributed by atoms with Crippen molar-refractivity contribution in [2.24, 2.45) is 5.73 Å². The number of nitrogens with two attached hydrogens (primary N) is 1. The summed E-state index contributed by atoms with van der Waals surface area (Å²) < 4.78 is 5.63. The zero-order chi connectivity index (χ0) is 17.5. The first-order chi connectivity index (χ1) is 11.5. The quantitative estimate of drug-likeness (QED) is 0.850. The molecule has 2 amide bonds. The Morgan fingerprint density at radius 1 is 1.04 bits per heavy atom. The Morgan fingerprint density at radius 2 is 1.67 bits per heavy atom. The predicted octanol–water partition coefficient (Wildman–Crippen LogP) is 2.59. The highest BCUT2D eigenvalue weighted by molar-refractivity contribution is 5.95. The normalized spacial score (nSPS) is 10.2. The molecule has 2 aromatic carbocycles. The van der Waals surface area contributed by atoms with Crippen molar-refractivity contribution in [3.63, 3.8) is 0 Å². The molecule has 0 radical (unpaired) electrons. The van der Waals surface area contributed by atoms with Crippen LogP contribution < -0.4 is 15.4 Å². The van der Waals surface area contributed by atoms with Crippen molar-refractivity contribution in [2.75, 3.05) is 18.1 Å². The van der Waals surface area contributed by atoms with Crippen LogP contribution in [0.4, 0.5) is 5.69 Å². The molecule has 2 N–H and O–H groups in total. The summed E-state index contributed by atoms with van der Waals surface area (Å²) in [5.41, 5.74) is 8.07. The van der Waals surface area contributed by atoms with Crippen molar-refractivity contribution in [2.45, 2.75) is 20.3 Å². The molecule has 0 saturated heterocycles. The number of carbonyl (C=O) groups is 2. The first-order valence-corrected chi connectivity index (χ1v) is 7.80. The topological polar surface area (TPSA) is 72.6 Å². The van der Waals surface area contributed by atoms with Gasteiger partial charge in [-0.05, 0) is 49.2 Å². The molecule has 0 spiro atoms. The number of amides is 2. The molecule has 2 aromatic rings. The van der Waals surface area contributed by atoms with Crippen molar-refractivity contribution < 1.29 is 14.3 Å². The third-order valence-electron chi connectivity index (χ3n) is 3.51. The molecule has 0 fully saturated rings. The second-order valence-corrected chi connectivity index (χ2v) is 5.71. The summed E-state index contributed by atoms with van der Waals surface area (Å²) >= 11 is 0. The van der Waals surface area contributed by atoms with E-state index in [9.17, 15) is 9.59 Å². The summed E-state index contributed by atoms with van der Waals surface area (Å²) in [7, 11) is 0. The van der Waals surface area contributed by atoms with Crippen LogP contribution in [0.3, 0.4) is 0 Å². The van der Waals surface area contributed by atoms with Crippen molar-refractivity contribution >= 4 is 17.5 Å². The number of hydrogen-bond acceptors (Lipinski definition) is 3. The second kappa shape index (κ2) is 8.15. The number of carbonyl (C=O) groups excluding carboxylic acids is 2. The van der Waals surface area contributed by atoms with Gasteiger partial charge in [0.15, 0.2) is 6.61 Å². The third kappa shape index (κ3) is 5.12. The fourth-order valence-corrected chi connectivity index (χ4v) is 2.47. The van der Waals surface area contributed by atoms with Gasteiger partial charge in [0.05, 0.1) is 0 Å². The Hall–Kier alpha value is -2.82. The first kappa shape index (κ1) is 17.5. The summed E-state index contributed by atoms with van der Waals surface area (Å²) in [5.74, 6) is -0.00988. The number of aryl methyl sites for hydroxylation is 2. The van der Waals surface area contributed by atoms with Gasteiger partial charge in [-0.1, -0.05) is 24.3 Å². The molecule has 0 saturated carbocycles. The van der Waals surface area contributed by atoms with Gasteiger partial charge in [-0.2, -0.15) is 0 Å². The number of anilines is 1. The lowest BCUT2D eigenvalue weighted by Gasteiger charge is -2.22. The SMILES string of the molecule is Cc1cc(C)cc(OCC(=O)N(CCC(N)=O)c2ccccc2)c1. The van der Waals surface area contributed by atoms with E-state index in [0.29, 0.717) is 11.4 Å². The van der Waals surface area contributed by atoms with Crippen LogP contribution >= 0.6 is 0 Å². The maximum absolute atomic E-state index is 12.5. The summed E-state index contributed by atoms with van der Waals surface area (Å²) in [6, 6.07) is 15.0. The lowest BCUT2D eigenvalue weighted by molar-refractivity contribution is -0.120. The van der Waals surface area contributed by atoms with Gasteiger partial charge in [0.25, 0.3) is 5.91 Å². The van der Waals surface area contributed by atoms with Gasteiger partial charge < -0.3 is 15.4 Å². The molecule has 0 bridgehead atoms. The van der Waals surface area contributed by atoms with Gasteiger partial charge in [-0.3, -0.25) is 9.59 Å². The molecule has 24 heavy (non-hydrogen) atoms. The van der Waals surface area contributed by atoms with E-state index in [4.69, 9.17) is 10.5 Å². The Labute approximate surface area is 142 Å². The highest BCUT2D eigenvalue weighted by Gasteiger charge is 2.17. The number of ether oxygens (including phenoxy) is 1. The molecule has 0 aliphatic heterocycles. The highest BCUT2D eigenvalue weighted by atomic mass is 16.5. The molecular weight excluding hydrogens is 304 g/mol. The van der Waals surface area contributed by atoms with E-state index in [-0.39, 0.29) is 25.5 Å².